The van der Waals surface area contributed by atoms with Crippen molar-refractivity contribution in [1.82, 2.24) is 0 Å². The normalized spacial score (nSPS) is 9.46. The maximum absolute atomic E-state index is 4.92. The number of hydrogen-bond donors (Lipinski definition) is 1. The quantitative estimate of drug-likeness (QED) is 0.303. The first-order valence-electron chi connectivity index (χ1n) is 4.76. The fourth-order valence-corrected chi connectivity index (χ4v) is 0.250. The van der Waals surface area contributed by atoms with Crippen LogP contribution in [0.15, 0.2) is 29.9 Å². The van der Waals surface area contributed by atoms with E-state index in [9.17, 15) is 0 Å². The number of hydrazone groups is 1. The van der Waals surface area contributed by atoms with Crippen molar-refractivity contribution in [2.24, 2.45) is 10.9 Å². The molecule has 0 rings (SSSR count). The maximum atomic E-state index is 4.92. The summed E-state index contributed by atoms with van der Waals surface area (Å²) in [6.07, 6.45) is 6.49. The Hall–Kier alpha value is -1.05. The summed E-state index contributed by atoms with van der Waals surface area (Å²) in [5.74, 6) is 4.92. The van der Waals surface area contributed by atoms with E-state index < -0.39 is 0 Å². The molecule has 0 fully saturated rings. The van der Waals surface area contributed by atoms with Crippen LogP contribution < -0.4 is 5.84 Å². The fraction of sp³-hybridized carbons (Fsp3) is 0.545. The van der Waals surface area contributed by atoms with Gasteiger partial charge in [0.15, 0.2) is 0 Å². The van der Waals surface area contributed by atoms with Gasteiger partial charge in [-0.15, -0.1) is 0 Å². The molecule has 0 aromatic heterocycles. The Kier molecular flexibility index (Phi) is 30.9. The highest BCUT2D eigenvalue weighted by molar-refractivity contribution is 5.92. The van der Waals surface area contributed by atoms with Crippen LogP contribution in [0.1, 0.15) is 41.0 Å². The molecule has 0 saturated heterocycles. The molecule has 0 heterocycles. The lowest BCUT2D eigenvalue weighted by Crippen LogP contribution is -1.89. The van der Waals surface area contributed by atoms with E-state index in [4.69, 9.17) is 5.84 Å². The predicted molar refractivity (Wildman–Crippen MR) is 63.9 cm³/mol. The van der Waals surface area contributed by atoms with Crippen LogP contribution in [0.4, 0.5) is 0 Å². The molecule has 0 aliphatic rings. The van der Waals surface area contributed by atoms with Crippen molar-refractivity contribution in [3.05, 3.63) is 24.8 Å². The van der Waals surface area contributed by atoms with E-state index in [1.54, 1.807) is 18.2 Å². The van der Waals surface area contributed by atoms with Crippen molar-refractivity contribution in [2.45, 2.75) is 41.0 Å². The van der Waals surface area contributed by atoms with E-state index >= 15 is 0 Å². The summed E-state index contributed by atoms with van der Waals surface area (Å²) in [5, 5.41) is 3.41. The molecule has 0 bridgehead atoms. The van der Waals surface area contributed by atoms with Crippen molar-refractivity contribution in [2.75, 3.05) is 0 Å². The van der Waals surface area contributed by atoms with Gasteiger partial charge in [0.2, 0.25) is 0 Å². The van der Waals surface area contributed by atoms with Gasteiger partial charge in [0.1, 0.15) is 0 Å². The molecule has 0 spiro atoms. The number of nitrogens with two attached hydrogens (primary N) is 1. The third kappa shape index (κ3) is 35.8. The lowest BCUT2D eigenvalue weighted by molar-refractivity contribution is 1.09. The van der Waals surface area contributed by atoms with Crippen molar-refractivity contribution < 1.29 is 0 Å². The van der Waals surface area contributed by atoms with Gasteiger partial charge in [-0.05, 0) is 13.0 Å². The summed E-state index contributed by atoms with van der Waals surface area (Å²) in [4.78, 5) is 0. The van der Waals surface area contributed by atoms with Gasteiger partial charge in [0, 0.05) is 0 Å². The van der Waals surface area contributed by atoms with Gasteiger partial charge in [-0.2, -0.15) is 5.10 Å². The molecular formula is C11H24N2. The highest BCUT2D eigenvalue weighted by Gasteiger charge is 1.73. The molecule has 2 N–H and O–H groups in total. The Morgan fingerprint density at radius 1 is 1.38 bits per heavy atom. The number of allylic oxidation sites excluding steroid dienone is 3. The zero-order chi connectivity index (χ0) is 11.1. The number of hydrogen-bond acceptors (Lipinski definition) is 2. The van der Waals surface area contributed by atoms with Crippen LogP contribution in [0.5, 0.6) is 0 Å². The molecule has 13 heavy (non-hydrogen) atoms. The first-order valence-corrected chi connectivity index (χ1v) is 4.76. The first-order chi connectivity index (χ1) is 6.22. The Labute approximate surface area is 83.2 Å². The molecule has 0 aromatic rings. The van der Waals surface area contributed by atoms with Gasteiger partial charge < -0.3 is 5.84 Å². The molecule has 0 unspecified atom stereocenters. The van der Waals surface area contributed by atoms with Gasteiger partial charge >= 0.3 is 0 Å². The van der Waals surface area contributed by atoms with Crippen molar-refractivity contribution in [3.8, 4) is 0 Å². The van der Waals surface area contributed by atoms with Gasteiger partial charge in [-0.3, -0.25) is 0 Å². The summed E-state index contributed by atoms with van der Waals surface area (Å²) in [5.41, 5.74) is 0.796. The third-order valence-corrected chi connectivity index (χ3v) is 0.677. The maximum Gasteiger partial charge on any atom is 0.0569 e. The zero-order valence-electron chi connectivity index (χ0n) is 9.67. The van der Waals surface area contributed by atoms with Crippen molar-refractivity contribution in [1.29, 1.82) is 0 Å². The lowest BCUT2D eigenvalue weighted by Gasteiger charge is -1.81. The van der Waals surface area contributed by atoms with Crippen LogP contribution in [-0.4, -0.2) is 5.71 Å². The predicted octanol–water partition coefficient (Wildman–Crippen LogP) is 3.51. The Balaban J connectivity index is -0.000000169. The van der Waals surface area contributed by atoms with Crippen LogP contribution in [-0.2, 0) is 0 Å². The van der Waals surface area contributed by atoms with Crippen LogP contribution in [0, 0.1) is 0 Å². The van der Waals surface area contributed by atoms with E-state index in [1.807, 2.05) is 20.8 Å². The van der Waals surface area contributed by atoms with E-state index in [2.05, 4.69) is 25.5 Å². The Bertz CT molecular complexity index is 135. The second kappa shape index (κ2) is 22.4. The second-order valence-electron chi connectivity index (χ2n) is 2.07. The summed E-state index contributed by atoms with van der Waals surface area (Å²) in [6, 6.07) is 0. The summed E-state index contributed by atoms with van der Waals surface area (Å²) < 4.78 is 0. The average Bonchev–Trinajstić information content (AvgIpc) is 2.18. The molecule has 0 aliphatic heterocycles. The Morgan fingerprint density at radius 2 is 1.77 bits per heavy atom. The topological polar surface area (TPSA) is 38.4 Å². The van der Waals surface area contributed by atoms with Gasteiger partial charge in [-0.25, -0.2) is 0 Å². The van der Waals surface area contributed by atoms with E-state index in [0.717, 1.165) is 5.71 Å². The molecule has 0 amide bonds. The summed E-state index contributed by atoms with van der Waals surface area (Å²) in [7, 11) is 0. The first kappa shape index (κ1) is 17.9. The molecule has 0 radical (unpaired) electrons. The van der Waals surface area contributed by atoms with E-state index in [1.165, 1.54) is 6.42 Å². The summed E-state index contributed by atoms with van der Waals surface area (Å²) >= 11 is 0. The number of nitrogens with zero attached hydrogens (tertiary/aromatic N) is 1. The molecular weight excluding hydrogens is 160 g/mol. The van der Waals surface area contributed by atoms with Crippen LogP contribution in [0.25, 0.3) is 0 Å². The van der Waals surface area contributed by atoms with E-state index in [0.29, 0.717) is 0 Å². The minimum atomic E-state index is 0.796. The molecule has 0 atom stereocenters. The van der Waals surface area contributed by atoms with Gasteiger partial charge in [0.05, 0.1) is 5.71 Å². The van der Waals surface area contributed by atoms with Crippen LogP contribution >= 0.6 is 0 Å². The summed E-state index contributed by atoms with van der Waals surface area (Å²) in [6.45, 7) is 13.6. The smallest absolute Gasteiger partial charge is 0.0569 e. The molecule has 0 saturated carbocycles. The highest BCUT2D eigenvalue weighted by atomic mass is 15.1. The minimum absolute atomic E-state index is 0.796. The SMILES string of the molecule is C=C/C=C\C(C)=N/N.CC.CCC. The van der Waals surface area contributed by atoms with Crippen molar-refractivity contribution >= 4 is 5.71 Å². The van der Waals surface area contributed by atoms with E-state index in [-0.39, 0.29) is 0 Å². The molecule has 2 heteroatoms. The average molecular weight is 184 g/mol. The second-order valence-corrected chi connectivity index (χ2v) is 2.07. The monoisotopic (exact) mass is 184 g/mol. The molecule has 0 aliphatic carbocycles. The van der Waals surface area contributed by atoms with Crippen LogP contribution in [0.2, 0.25) is 0 Å². The van der Waals surface area contributed by atoms with Crippen molar-refractivity contribution in [3.63, 3.8) is 0 Å². The minimum Gasteiger partial charge on any atom is -0.323 e. The Morgan fingerprint density at radius 3 is 2.00 bits per heavy atom. The molecule has 2 nitrogen and oxygen atoms in total. The lowest BCUT2D eigenvalue weighted by atomic mass is 10.4. The third-order valence-electron chi connectivity index (χ3n) is 0.677. The molecule has 78 valence electrons. The van der Waals surface area contributed by atoms with Gasteiger partial charge in [0.25, 0.3) is 0 Å². The standard InChI is InChI=1S/C6H10N2.C3H8.C2H6/c1-3-4-5-6(2)8-7;1-3-2;1-2/h3-5H,1,7H2,2H3;3H2,1-2H3;1-2H3/b5-4-,8-6-;;. The number of rotatable bonds is 2. The largest absolute Gasteiger partial charge is 0.323 e. The van der Waals surface area contributed by atoms with Crippen LogP contribution in [0.3, 0.4) is 0 Å². The van der Waals surface area contributed by atoms with Gasteiger partial charge in [-0.1, -0.05) is 52.8 Å². The fourth-order valence-electron chi connectivity index (χ4n) is 0.250. The highest BCUT2D eigenvalue weighted by Crippen LogP contribution is 1.76. The molecule has 0 aromatic carbocycles. The zero-order valence-corrected chi connectivity index (χ0v) is 9.67.